The molecule has 6 heteroatoms. The molecule has 0 fully saturated rings. The summed E-state index contributed by atoms with van der Waals surface area (Å²) in [6.45, 7) is 21.6. The zero-order valence-corrected chi connectivity index (χ0v) is 30.4. The highest BCUT2D eigenvalue weighted by atomic mass is 19.2. The van der Waals surface area contributed by atoms with E-state index in [0.29, 0.717) is 27.8 Å². The Balaban J connectivity index is 0.000000569. The van der Waals surface area contributed by atoms with E-state index in [0.717, 1.165) is 11.1 Å². The normalized spacial score (nSPS) is 9.46. The Kier molecular flexibility index (Phi) is 20.3. The number of aryl methyl sites for hydroxylation is 9. The van der Waals surface area contributed by atoms with Gasteiger partial charge >= 0.3 is 0 Å². The van der Waals surface area contributed by atoms with Gasteiger partial charge in [-0.15, -0.1) is 0 Å². The van der Waals surface area contributed by atoms with Gasteiger partial charge in [0.25, 0.3) is 0 Å². The second kappa shape index (κ2) is 22.3. The van der Waals surface area contributed by atoms with E-state index in [1.165, 1.54) is 56.2 Å². The van der Waals surface area contributed by atoms with E-state index >= 15 is 0 Å². The average Bonchev–Trinajstić information content (AvgIpc) is 3.04. The number of hydrogen-bond donors (Lipinski definition) is 0. The van der Waals surface area contributed by atoms with Gasteiger partial charge in [0.15, 0.2) is 11.6 Å². The number of halogens is 6. The predicted molar refractivity (Wildman–Crippen MR) is 191 cm³/mol. The van der Waals surface area contributed by atoms with Crippen LogP contribution in [0.4, 0.5) is 26.3 Å². The third kappa shape index (κ3) is 16.5. The van der Waals surface area contributed by atoms with Crippen molar-refractivity contribution in [3.8, 4) is 0 Å². The Morgan fingerprint density at radius 1 is 0.292 bits per heavy atom. The van der Waals surface area contributed by atoms with Crippen LogP contribution in [0.1, 0.15) is 69.5 Å². The Hall–Kier alpha value is -4.32. The maximum absolute atomic E-state index is 12.6. The third-order valence-corrected chi connectivity index (χ3v) is 6.77. The maximum atomic E-state index is 12.6. The lowest BCUT2D eigenvalue weighted by Crippen LogP contribution is -1.91. The molecule has 0 aliphatic heterocycles. The van der Waals surface area contributed by atoms with Gasteiger partial charge in [-0.2, -0.15) is 0 Å². The fourth-order valence-corrected chi connectivity index (χ4v) is 3.55. The summed E-state index contributed by atoms with van der Waals surface area (Å²) in [5, 5.41) is 0. The van der Waals surface area contributed by atoms with Crippen LogP contribution in [0.25, 0.3) is 0 Å². The summed E-state index contributed by atoms with van der Waals surface area (Å²) in [4.78, 5) is 0. The van der Waals surface area contributed by atoms with Crippen molar-refractivity contribution in [3.05, 3.63) is 175 Å². The van der Waals surface area contributed by atoms with Crippen molar-refractivity contribution in [1.82, 2.24) is 0 Å². The second-order valence-electron chi connectivity index (χ2n) is 11.3. The first-order valence-electron chi connectivity index (χ1n) is 15.7. The van der Waals surface area contributed by atoms with Gasteiger partial charge < -0.3 is 0 Å². The molecule has 0 N–H and O–H groups in total. The number of rotatable bonds is 0. The molecule has 5 aromatic rings. The molecule has 260 valence electrons. The van der Waals surface area contributed by atoms with Crippen LogP contribution in [0.3, 0.4) is 0 Å². The zero-order valence-electron chi connectivity index (χ0n) is 30.4. The minimum atomic E-state index is -0.736. The molecule has 0 aliphatic rings. The van der Waals surface area contributed by atoms with Crippen molar-refractivity contribution >= 4 is 0 Å². The lowest BCUT2D eigenvalue weighted by Gasteiger charge is -1.99. The minimum absolute atomic E-state index is 0.0885. The van der Waals surface area contributed by atoms with E-state index in [4.69, 9.17) is 0 Å². The molecular weight excluding hydrogens is 618 g/mol. The van der Waals surface area contributed by atoms with Crippen LogP contribution in [0, 0.1) is 104 Å². The molecule has 0 radical (unpaired) electrons. The molecule has 5 aromatic carbocycles. The molecule has 0 bridgehead atoms. The summed E-state index contributed by atoms with van der Waals surface area (Å²) in [5.74, 6) is -2.65. The predicted octanol–water partition coefficient (Wildman–Crippen LogP) is 13.4. The smallest absolute Gasteiger partial charge is 0.161 e. The summed E-state index contributed by atoms with van der Waals surface area (Å²) in [6, 6.07) is 24.7. The van der Waals surface area contributed by atoms with E-state index < -0.39 is 23.3 Å². The molecule has 48 heavy (non-hydrogen) atoms. The first kappa shape index (κ1) is 43.7. The summed E-state index contributed by atoms with van der Waals surface area (Å²) in [6.07, 6.45) is 0. The van der Waals surface area contributed by atoms with Crippen LogP contribution in [0.15, 0.2) is 84.9 Å². The number of benzene rings is 5. The molecule has 0 heterocycles. The fraction of sp³-hybridized carbons (Fsp3) is 0.286. The second-order valence-corrected chi connectivity index (χ2v) is 11.3. The van der Waals surface area contributed by atoms with E-state index in [9.17, 15) is 26.3 Å². The van der Waals surface area contributed by atoms with Gasteiger partial charge in [-0.1, -0.05) is 85.6 Å². The molecular formula is C42H50F6. The molecule has 0 spiro atoms. The first-order chi connectivity index (χ1) is 22.4. The Morgan fingerprint density at radius 3 is 0.812 bits per heavy atom. The molecule has 5 rings (SSSR count). The molecule has 0 amide bonds. The Labute approximate surface area is 284 Å². The van der Waals surface area contributed by atoms with Crippen LogP contribution in [0.5, 0.6) is 0 Å². The lowest BCUT2D eigenvalue weighted by atomic mass is 10.1. The Bertz CT molecular complexity index is 1570. The van der Waals surface area contributed by atoms with Gasteiger partial charge in [0.2, 0.25) is 0 Å². The molecule has 0 unspecified atom stereocenters. The molecule has 0 saturated carbocycles. The SMILES string of the molecule is CC.Cc1cc(F)c(C)c(F)c1.Cc1ccc(C)c(F)c1.Cc1ccc(C)c(F)c1.Cc1ccc(C)c(F)c1F.Cc1ccc(C)cc1. The molecule has 0 atom stereocenters. The average molecular weight is 669 g/mol. The van der Waals surface area contributed by atoms with Crippen LogP contribution in [-0.4, -0.2) is 0 Å². The van der Waals surface area contributed by atoms with Gasteiger partial charge in [0, 0.05) is 5.56 Å². The van der Waals surface area contributed by atoms with E-state index in [1.54, 1.807) is 45.0 Å². The standard InChI is InChI=1S/2C8H8F2.2C8H9F.C8H10.C2H6/c1-5-3-7(9)6(2)8(10)4-5;1-5-3-4-6(2)8(10)7(5)9;2*1-6-3-4-7(2)8(9)5-6;1-7-3-5-8(2)6-4-7;1-2/h2*3-4H,1-2H3;2*3-5H,1-2H3;3-6H,1-2H3;1-2H3. The van der Waals surface area contributed by atoms with E-state index in [2.05, 4.69) is 38.1 Å². The van der Waals surface area contributed by atoms with E-state index in [-0.39, 0.29) is 17.2 Å². The molecule has 0 nitrogen and oxygen atoms in total. The molecule has 0 aromatic heterocycles. The minimum Gasteiger partial charge on any atom is -0.207 e. The molecule has 0 aliphatic carbocycles. The van der Waals surface area contributed by atoms with Gasteiger partial charge in [-0.25, -0.2) is 26.3 Å². The number of hydrogen-bond acceptors (Lipinski definition) is 0. The van der Waals surface area contributed by atoms with Crippen LogP contribution < -0.4 is 0 Å². The third-order valence-electron chi connectivity index (χ3n) is 6.77. The lowest BCUT2D eigenvalue weighted by molar-refractivity contribution is 0.497. The van der Waals surface area contributed by atoms with Crippen molar-refractivity contribution < 1.29 is 26.3 Å². The van der Waals surface area contributed by atoms with Gasteiger partial charge in [0.05, 0.1) is 0 Å². The maximum Gasteiger partial charge on any atom is 0.161 e. The summed E-state index contributed by atoms with van der Waals surface area (Å²) < 4.78 is 75.6. The van der Waals surface area contributed by atoms with Crippen molar-refractivity contribution in [2.24, 2.45) is 0 Å². The molecule has 0 saturated heterocycles. The summed E-state index contributed by atoms with van der Waals surface area (Å²) >= 11 is 0. The quantitative estimate of drug-likeness (QED) is 0.144. The van der Waals surface area contributed by atoms with Crippen molar-refractivity contribution in [2.45, 2.75) is 83.1 Å². The summed E-state index contributed by atoms with van der Waals surface area (Å²) in [5.41, 5.74) is 7.42. The van der Waals surface area contributed by atoms with Crippen molar-refractivity contribution in [2.75, 3.05) is 0 Å². The largest absolute Gasteiger partial charge is 0.207 e. The fourth-order valence-electron chi connectivity index (χ4n) is 3.55. The highest BCUT2D eigenvalue weighted by Crippen LogP contribution is 2.14. The Morgan fingerprint density at radius 2 is 0.542 bits per heavy atom. The topological polar surface area (TPSA) is 0 Å². The first-order valence-corrected chi connectivity index (χ1v) is 15.7. The zero-order chi connectivity index (χ0) is 37.1. The van der Waals surface area contributed by atoms with Gasteiger partial charge in [-0.05, 0) is 132 Å². The van der Waals surface area contributed by atoms with Gasteiger partial charge in [-0.3, -0.25) is 0 Å². The van der Waals surface area contributed by atoms with Gasteiger partial charge in [0.1, 0.15) is 23.3 Å². The summed E-state index contributed by atoms with van der Waals surface area (Å²) in [7, 11) is 0. The highest BCUT2D eigenvalue weighted by Gasteiger charge is 2.06. The van der Waals surface area contributed by atoms with E-state index in [1.807, 2.05) is 39.8 Å². The van der Waals surface area contributed by atoms with Crippen LogP contribution in [-0.2, 0) is 0 Å². The monoisotopic (exact) mass is 668 g/mol. The van der Waals surface area contributed by atoms with Crippen molar-refractivity contribution in [1.29, 1.82) is 0 Å². The highest BCUT2D eigenvalue weighted by molar-refractivity contribution is 5.25. The van der Waals surface area contributed by atoms with Crippen LogP contribution in [0.2, 0.25) is 0 Å². The van der Waals surface area contributed by atoms with Crippen molar-refractivity contribution in [3.63, 3.8) is 0 Å². The van der Waals surface area contributed by atoms with Crippen LogP contribution >= 0.6 is 0 Å².